The number of nitrogens with two attached hydrogens (primary N) is 1. The van der Waals surface area contributed by atoms with E-state index in [2.05, 4.69) is 0 Å². The quantitative estimate of drug-likeness (QED) is 0.786. The van der Waals surface area contributed by atoms with Gasteiger partial charge in [0.2, 0.25) is 0 Å². The van der Waals surface area contributed by atoms with Gasteiger partial charge < -0.3 is 20.7 Å². The van der Waals surface area contributed by atoms with Gasteiger partial charge in [-0.25, -0.2) is 0 Å². The number of ether oxygens (including phenoxy) is 1. The van der Waals surface area contributed by atoms with E-state index in [4.69, 9.17) is 15.6 Å². The molecule has 2 aromatic carbocycles. The molecule has 0 aromatic heterocycles. The molecular weight excluding hydrogens is 290 g/mol. The molecule has 4 heteroatoms. The Labute approximate surface area is 138 Å². The summed E-state index contributed by atoms with van der Waals surface area (Å²) in [5.74, 6) is 1.70. The predicted octanol–water partition coefficient (Wildman–Crippen LogP) is 3.69. The van der Waals surface area contributed by atoms with Crippen LogP contribution in [0.2, 0.25) is 0 Å². The number of aliphatic hydroxyl groups is 1. The van der Waals surface area contributed by atoms with E-state index in [1.807, 2.05) is 39.8 Å². The van der Waals surface area contributed by atoms with Gasteiger partial charge in [-0.3, -0.25) is 0 Å². The number of hydrogen-bond donors (Lipinski definition) is 3. The third-order valence-corrected chi connectivity index (χ3v) is 3.31. The molecule has 1 unspecified atom stereocenters. The zero-order valence-corrected chi connectivity index (χ0v) is 14.3. The number of aryl methyl sites for hydroxylation is 2. The van der Waals surface area contributed by atoms with Crippen molar-refractivity contribution in [3.8, 4) is 17.2 Å². The first-order valence-electron chi connectivity index (χ1n) is 7.93. The first-order valence-corrected chi connectivity index (χ1v) is 7.93. The lowest BCUT2D eigenvalue weighted by atomic mass is 10.0. The van der Waals surface area contributed by atoms with Crippen LogP contribution in [0.15, 0.2) is 36.4 Å². The van der Waals surface area contributed by atoms with Gasteiger partial charge in [-0.15, -0.1) is 0 Å². The van der Waals surface area contributed by atoms with Crippen LogP contribution in [0.4, 0.5) is 0 Å². The Morgan fingerprint density at radius 3 is 2.04 bits per heavy atom. The van der Waals surface area contributed by atoms with Crippen molar-refractivity contribution in [1.82, 2.24) is 0 Å². The van der Waals surface area contributed by atoms with Crippen molar-refractivity contribution < 1.29 is 14.9 Å². The van der Waals surface area contributed by atoms with Crippen LogP contribution in [0.5, 0.6) is 17.2 Å². The fraction of sp³-hybridized carbons (Fsp3) is 0.368. The molecule has 0 amide bonds. The Morgan fingerprint density at radius 2 is 1.57 bits per heavy atom. The van der Waals surface area contributed by atoms with Crippen LogP contribution in [0.1, 0.15) is 30.5 Å². The average molecular weight is 317 g/mol. The van der Waals surface area contributed by atoms with Crippen molar-refractivity contribution >= 4 is 0 Å². The highest BCUT2D eigenvalue weighted by atomic mass is 16.5. The standard InChI is InChI=1S/C17H21NO3.C2H6/c1-11-7-13(9-14(18)10-19)8-12(2)17(11)21-16-5-3-15(20)4-6-16;1-2/h3-8,14,19-20H,9-10,18H2,1-2H3;1-2H3. The maximum Gasteiger partial charge on any atom is 0.133 e. The van der Waals surface area contributed by atoms with Crippen LogP contribution in [-0.4, -0.2) is 22.9 Å². The minimum Gasteiger partial charge on any atom is -0.508 e. The number of phenols is 1. The van der Waals surface area contributed by atoms with Gasteiger partial charge >= 0.3 is 0 Å². The van der Waals surface area contributed by atoms with E-state index in [1.165, 1.54) is 0 Å². The van der Waals surface area contributed by atoms with E-state index in [0.717, 1.165) is 22.4 Å². The largest absolute Gasteiger partial charge is 0.508 e. The minimum atomic E-state index is -0.243. The normalized spacial score (nSPS) is 11.4. The van der Waals surface area contributed by atoms with Crippen molar-refractivity contribution in [2.24, 2.45) is 5.73 Å². The topological polar surface area (TPSA) is 75.7 Å². The lowest BCUT2D eigenvalue weighted by molar-refractivity contribution is 0.265. The Hall–Kier alpha value is -2.04. The van der Waals surface area contributed by atoms with Crippen molar-refractivity contribution in [3.05, 3.63) is 53.1 Å². The molecule has 0 bridgehead atoms. The lowest BCUT2D eigenvalue weighted by Gasteiger charge is -2.15. The van der Waals surface area contributed by atoms with Gasteiger partial charge in [0.15, 0.2) is 0 Å². The summed E-state index contributed by atoms with van der Waals surface area (Å²) in [6.07, 6.45) is 0.637. The van der Waals surface area contributed by atoms with Crippen molar-refractivity contribution in [2.45, 2.75) is 40.2 Å². The summed E-state index contributed by atoms with van der Waals surface area (Å²) >= 11 is 0. The number of phenolic OH excluding ortho intramolecular Hbond substituents is 1. The maximum absolute atomic E-state index is 9.29. The summed E-state index contributed by atoms with van der Waals surface area (Å²) in [6.45, 7) is 7.94. The van der Waals surface area contributed by atoms with E-state index >= 15 is 0 Å². The SMILES string of the molecule is CC.Cc1cc(CC(N)CO)cc(C)c1Oc1ccc(O)cc1. The summed E-state index contributed by atoms with van der Waals surface area (Å²) in [7, 11) is 0. The van der Waals surface area contributed by atoms with Crippen LogP contribution in [-0.2, 0) is 6.42 Å². The molecule has 0 fully saturated rings. The van der Waals surface area contributed by atoms with Gasteiger partial charge in [0.1, 0.15) is 17.2 Å². The highest BCUT2D eigenvalue weighted by Crippen LogP contribution is 2.30. The summed E-state index contributed by atoms with van der Waals surface area (Å²) in [4.78, 5) is 0. The van der Waals surface area contributed by atoms with Crippen LogP contribution in [0, 0.1) is 13.8 Å². The summed E-state index contributed by atoms with van der Waals surface area (Å²) in [5.41, 5.74) is 8.90. The Bertz CT molecular complexity index is 586. The van der Waals surface area contributed by atoms with E-state index < -0.39 is 0 Å². The average Bonchev–Trinajstić information content (AvgIpc) is 2.54. The highest BCUT2D eigenvalue weighted by Gasteiger charge is 2.10. The van der Waals surface area contributed by atoms with Crippen molar-refractivity contribution in [2.75, 3.05) is 6.61 Å². The molecule has 0 heterocycles. The monoisotopic (exact) mass is 317 g/mol. The zero-order valence-electron chi connectivity index (χ0n) is 14.3. The lowest BCUT2D eigenvalue weighted by Crippen LogP contribution is -2.26. The fourth-order valence-corrected chi connectivity index (χ4v) is 2.32. The van der Waals surface area contributed by atoms with E-state index in [-0.39, 0.29) is 18.4 Å². The molecule has 0 radical (unpaired) electrons. The number of aromatic hydroxyl groups is 1. The number of rotatable bonds is 5. The van der Waals surface area contributed by atoms with Gasteiger partial charge in [-0.1, -0.05) is 26.0 Å². The molecule has 0 saturated heterocycles. The second-order valence-electron chi connectivity index (χ2n) is 5.30. The molecule has 0 aliphatic rings. The predicted molar refractivity (Wildman–Crippen MR) is 94.2 cm³/mol. The number of benzene rings is 2. The Kier molecular flexibility index (Phi) is 7.59. The molecule has 0 saturated carbocycles. The second kappa shape index (κ2) is 9.18. The number of hydrogen-bond acceptors (Lipinski definition) is 4. The molecule has 2 aromatic rings. The van der Waals surface area contributed by atoms with E-state index in [9.17, 15) is 5.11 Å². The molecule has 23 heavy (non-hydrogen) atoms. The van der Waals surface area contributed by atoms with Gasteiger partial charge in [0.05, 0.1) is 6.61 Å². The highest BCUT2D eigenvalue weighted by molar-refractivity contribution is 5.46. The zero-order chi connectivity index (χ0) is 17.4. The molecular formula is C19H27NO3. The summed E-state index contributed by atoms with van der Waals surface area (Å²) < 4.78 is 5.89. The van der Waals surface area contributed by atoms with E-state index in [0.29, 0.717) is 12.2 Å². The third kappa shape index (κ3) is 5.58. The molecule has 0 spiro atoms. The van der Waals surface area contributed by atoms with Crippen LogP contribution in [0.25, 0.3) is 0 Å². The second-order valence-corrected chi connectivity index (χ2v) is 5.30. The molecule has 4 N–H and O–H groups in total. The van der Waals surface area contributed by atoms with Gasteiger partial charge in [0.25, 0.3) is 0 Å². The number of aliphatic hydroxyl groups excluding tert-OH is 1. The Morgan fingerprint density at radius 1 is 1.04 bits per heavy atom. The van der Waals surface area contributed by atoms with Crippen LogP contribution < -0.4 is 10.5 Å². The van der Waals surface area contributed by atoms with Gasteiger partial charge in [0, 0.05) is 6.04 Å². The van der Waals surface area contributed by atoms with Crippen molar-refractivity contribution in [1.29, 1.82) is 0 Å². The molecule has 1 atom stereocenters. The molecule has 0 aliphatic heterocycles. The molecule has 126 valence electrons. The van der Waals surface area contributed by atoms with Gasteiger partial charge in [-0.05, 0) is 61.2 Å². The van der Waals surface area contributed by atoms with E-state index in [1.54, 1.807) is 24.3 Å². The Balaban J connectivity index is 0.00000127. The smallest absolute Gasteiger partial charge is 0.133 e. The maximum atomic E-state index is 9.29. The minimum absolute atomic E-state index is 0.0240. The fourth-order valence-electron chi connectivity index (χ4n) is 2.32. The third-order valence-electron chi connectivity index (χ3n) is 3.31. The molecule has 2 rings (SSSR count). The van der Waals surface area contributed by atoms with Crippen LogP contribution in [0.3, 0.4) is 0 Å². The van der Waals surface area contributed by atoms with Crippen LogP contribution >= 0.6 is 0 Å². The summed E-state index contributed by atoms with van der Waals surface area (Å²) in [6, 6.07) is 10.4. The first-order chi connectivity index (χ1) is 11.0. The molecule has 0 aliphatic carbocycles. The summed E-state index contributed by atoms with van der Waals surface area (Å²) in [5, 5.41) is 18.3. The first kappa shape index (κ1) is 19.0. The molecule has 4 nitrogen and oxygen atoms in total. The van der Waals surface area contributed by atoms with Crippen molar-refractivity contribution in [3.63, 3.8) is 0 Å². The van der Waals surface area contributed by atoms with Gasteiger partial charge in [-0.2, -0.15) is 0 Å².